The van der Waals surface area contributed by atoms with Crippen LogP contribution in [0.4, 0.5) is 10.1 Å². The normalized spacial score (nSPS) is 11.6. The Morgan fingerprint density at radius 1 is 1.35 bits per heavy atom. The highest BCUT2D eigenvalue weighted by Crippen LogP contribution is 2.28. The molecular formula is C12H12BrFN2O2S2. The number of sulfonamides is 1. The van der Waals surface area contributed by atoms with Crippen molar-refractivity contribution >= 4 is 43.0 Å². The van der Waals surface area contributed by atoms with E-state index in [-0.39, 0.29) is 10.6 Å². The van der Waals surface area contributed by atoms with Gasteiger partial charge in [-0.1, -0.05) is 0 Å². The molecule has 0 unspecified atom stereocenters. The number of benzene rings is 1. The summed E-state index contributed by atoms with van der Waals surface area (Å²) in [6.07, 6.45) is 0. The van der Waals surface area contributed by atoms with Gasteiger partial charge >= 0.3 is 0 Å². The maximum atomic E-state index is 13.2. The summed E-state index contributed by atoms with van der Waals surface area (Å²) in [7, 11) is -2.00. The van der Waals surface area contributed by atoms with Gasteiger partial charge in [-0.15, -0.1) is 11.3 Å². The fourth-order valence-corrected chi connectivity index (χ4v) is 4.64. The zero-order valence-electron chi connectivity index (χ0n) is 10.5. The van der Waals surface area contributed by atoms with Crippen LogP contribution in [0.5, 0.6) is 0 Å². The van der Waals surface area contributed by atoms with E-state index in [0.717, 1.165) is 6.07 Å². The molecule has 0 saturated carbocycles. The number of hydrogen-bond donors (Lipinski definition) is 2. The van der Waals surface area contributed by atoms with Crippen molar-refractivity contribution in [2.24, 2.45) is 0 Å². The zero-order valence-corrected chi connectivity index (χ0v) is 13.7. The standard InChI is InChI=1S/C12H12BrFN2O2S2/c1-15-7-11-12(4-5-19-11)20(17,18)16-10-6-8(14)2-3-9(10)13/h2-6,15-16H,7H2,1H3. The number of thiophene rings is 1. The quantitative estimate of drug-likeness (QED) is 0.839. The lowest BCUT2D eigenvalue weighted by molar-refractivity contribution is 0.600. The van der Waals surface area contributed by atoms with Gasteiger partial charge in [0.25, 0.3) is 10.0 Å². The Morgan fingerprint density at radius 3 is 2.80 bits per heavy atom. The molecule has 0 atom stereocenters. The van der Waals surface area contributed by atoms with E-state index in [1.165, 1.54) is 29.5 Å². The van der Waals surface area contributed by atoms with E-state index in [0.29, 0.717) is 15.9 Å². The molecule has 0 amide bonds. The van der Waals surface area contributed by atoms with Gasteiger partial charge in [0.15, 0.2) is 0 Å². The lowest BCUT2D eigenvalue weighted by Crippen LogP contribution is -2.16. The monoisotopic (exact) mass is 378 g/mol. The predicted octanol–water partition coefficient (Wildman–Crippen LogP) is 3.17. The van der Waals surface area contributed by atoms with Gasteiger partial charge in [-0.25, -0.2) is 12.8 Å². The molecule has 0 aliphatic rings. The highest BCUT2D eigenvalue weighted by atomic mass is 79.9. The van der Waals surface area contributed by atoms with Gasteiger partial charge < -0.3 is 5.32 Å². The minimum Gasteiger partial charge on any atom is -0.315 e. The lowest BCUT2D eigenvalue weighted by atomic mass is 10.3. The van der Waals surface area contributed by atoms with E-state index in [9.17, 15) is 12.8 Å². The van der Waals surface area contributed by atoms with E-state index >= 15 is 0 Å². The fourth-order valence-electron chi connectivity index (χ4n) is 1.63. The Morgan fingerprint density at radius 2 is 2.10 bits per heavy atom. The lowest BCUT2D eigenvalue weighted by Gasteiger charge is -2.10. The van der Waals surface area contributed by atoms with Crippen molar-refractivity contribution in [3.05, 3.63) is 44.8 Å². The summed E-state index contributed by atoms with van der Waals surface area (Å²) >= 11 is 4.54. The van der Waals surface area contributed by atoms with Crippen LogP contribution < -0.4 is 10.0 Å². The SMILES string of the molecule is CNCc1sccc1S(=O)(=O)Nc1cc(F)ccc1Br. The predicted molar refractivity (Wildman–Crippen MR) is 82.0 cm³/mol. The largest absolute Gasteiger partial charge is 0.315 e. The van der Waals surface area contributed by atoms with Crippen molar-refractivity contribution in [1.82, 2.24) is 5.32 Å². The molecule has 0 saturated heterocycles. The summed E-state index contributed by atoms with van der Waals surface area (Å²) < 4.78 is 40.8. The van der Waals surface area contributed by atoms with Crippen molar-refractivity contribution in [1.29, 1.82) is 0 Å². The summed E-state index contributed by atoms with van der Waals surface area (Å²) in [4.78, 5) is 0.903. The van der Waals surface area contributed by atoms with Crippen molar-refractivity contribution in [3.63, 3.8) is 0 Å². The molecule has 1 aromatic carbocycles. The van der Waals surface area contributed by atoms with Crippen LogP contribution in [0, 0.1) is 5.82 Å². The highest BCUT2D eigenvalue weighted by molar-refractivity contribution is 9.10. The van der Waals surface area contributed by atoms with Crippen LogP contribution in [0.3, 0.4) is 0 Å². The molecule has 0 radical (unpaired) electrons. The molecule has 0 bridgehead atoms. The third-order valence-electron chi connectivity index (χ3n) is 2.50. The average Bonchev–Trinajstić information content (AvgIpc) is 2.83. The van der Waals surface area contributed by atoms with Gasteiger partial charge in [-0.2, -0.15) is 0 Å². The molecule has 8 heteroatoms. The van der Waals surface area contributed by atoms with Gasteiger partial charge in [0, 0.05) is 15.9 Å². The van der Waals surface area contributed by atoms with Gasteiger partial charge in [0.2, 0.25) is 0 Å². The van der Waals surface area contributed by atoms with E-state index < -0.39 is 15.8 Å². The number of halogens is 2. The van der Waals surface area contributed by atoms with Crippen molar-refractivity contribution in [3.8, 4) is 0 Å². The molecule has 0 aliphatic heterocycles. The van der Waals surface area contributed by atoms with Crippen LogP contribution in [0.25, 0.3) is 0 Å². The van der Waals surface area contributed by atoms with Gasteiger partial charge in [0.1, 0.15) is 10.7 Å². The van der Waals surface area contributed by atoms with Crippen LogP contribution in [0.2, 0.25) is 0 Å². The third-order valence-corrected chi connectivity index (χ3v) is 5.70. The summed E-state index contributed by atoms with van der Waals surface area (Å²) in [6.45, 7) is 0.457. The van der Waals surface area contributed by atoms with Crippen molar-refractivity contribution in [2.45, 2.75) is 11.4 Å². The summed E-state index contributed by atoms with van der Waals surface area (Å²) in [5, 5.41) is 4.63. The minimum absolute atomic E-state index is 0.173. The molecule has 4 nitrogen and oxygen atoms in total. The molecule has 2 rings (SSSR count). The molecule has 0 spiro atoms. The second-order valence-corrected chi connectivity index (χ2v) is 7.47. The Labute approximate surface area is 129 Å². The molecule has 0 fully saturated rings. The van der Waals surface area contributed by atoms with E-state index in [4.69, 9.17) is 0 Å². The average molecular weight is 379 g/mol. The molecule has 108 valence electrons. The fraction of sp³-hybridized carbons (Fsp3) is 0.167. The maximum absolute atomic E-state index is 13.2. The zero-order chi connectivity index (χ0) is 14.8. The topological polar surface area (TPSA) is 58.2 Å². The second-order valence-electron chi connectivity index (χ2n) is 3.97. The van der Waals surface area contributed by atoms with Crippen molar-refractivity contribution < 1.29 is 12.8 Å². The first-order valence-corrected chi connectivity index (χ1v) is 8.78. The molecule has 0 aliphatic carbocycles. The Hall–Kier alpha value is -0.960. The molecule has 1 heterocycles. The number of hydrogen-bond acceptors (Lipinski definition) is 4. The van der Waals surface area contributed by atoms with Crippen LogP contribution in [-0.4, -0.2) is 15.5 Å². The van der Waals surface area contributed by atoms with Gasteiger partial charge in [-0.05, 0) is 52.6 Å². The first-order chi connectivity index (χ1) is 9.44. The molecule has 1 aromatic heterocycles. The van der Waals surface area contributed by atoms with E-state index in [2.05, 4.69) is 26.0 Å². The minimum atomic E-state index is -3.74. The van der Waals surface area contributed by atoms with Crippen LogP contribution >= 0.6 is 27.3 Å². The first-order valence-electron chi connectivity index (χ1n) is 5.63. The Bertz CT molecular complexity index is 716. The van der Waals surface area contributed by atoms with Gasteiger partial charge in [0.05, 0.1) is 5.69 Å². The number of anilines is 1. The summed E-state index contributed by atoms with van der Waals surface area (Å²) in [5.41, 5.74) is 0.173. The Kier molecular flexibility index (Phi) is 4.79. The smallest absolute Gasteiger partial charge is 0.263 e. The summed E-state index contributed by atoms with van der Waals surface area (Å²) in [5.74, 6) is -0.508. The molecular weight excluding hydrogens is 367 g/mol. The number of rotatable bonds is 5. The number of nitrogens with one attached hydrogen (secondary N) is 2. The van der Waals surface area contributed by atoms with Crippen molar-refractivity contribution in [2.75, 3.05) is 11.8 Å². The van der Waals surface area contributed by atoms with Crippen LogP contribution in [0.1, 0.15) is 4.88 Å². The molecule has 20 heavy (non-hydrogen) atoms. The molecule has 2 N–H and O–H groups in total. The molecule has 2 aromatic rings. The summed E-state index contributed by atoms with van der Waals surface area (Å²) in [6, 6.07) is 5.37. The third kappa shape index (κ3) is 3.38. The maximum Gasteiger partial charge on any atom is 0.263 e. The van der Waals surface area contributed by atoms with Crippen LogP contribution in [0.15, 0.2) is 39.0 Å². The van der Waals surface area contributed by atoms with E-state index in [1.54, 1.807) is 12.4 Å². The second kappa shape index (κ2) is 6.21. The van der Waals surface area contributed by atoms with E-state index in [1.807, 2.05) is 0 Å². The first kappa shape index (κ1) is 15.4. The Balaban J connectivity index is 2.36. The van der Waals surface area contributed by atoms with Gasteiger partial charge in [-0.3, -0.25) is 4.72 Å². The van der Waals surface area contributed by atoms with Crippen LogP contribution in [-0.2, 0) is 16.6 Å². The highest BCUT2D eigenvalue weighted by Gasteiger charge is 2.20.